The summed E-state index contributed by atoms with van der Waals surface area (Å²) in [7, 11) is 0. The smallest absolute Gasteiger partial charge is 0.272 e. The van der Waals surface area contributed by atoms with Crippen molar-refractivity contribution in [2.45, 2.75) is 46.7 Å². The van der Waals surface area contributed by atoms with Gasteiger partial charge in [0.15, 0.2) is 0 Å². The highest BCUT2D eigenvalue weighted by Gasteiger charge is 2.26. The Morgan fingerprint density at radius 1 is 1.42 bits per heavy atom. The van der Waals surface area contributed by atoms with Crippen molar-refractivity contribution < 1.29 is 4.79 Å². The third-order valence-electron chi connectivity index (χ3n) is 4.26. The fourth-order valence-corrected chi connectivity index (χ4v) is 3.10. The van der Waals surface area contributed by atoms with E-state index in [0.29, 0.717) is 48.9 Å². The number of amides is 1. The molecule has 7 nitrogen and oxygen atoms in total. The van der Waals surface area contributed by atoms with E-state index in [2.05, 4.69) is 28.9 Å². The summed E-state index contributed by atoms with van der Waals surface area (Å²) in [5.74, 6) is 0.443. The Labute approximate surface area is 140 Å². The quantitative estimate of drug-likeness (QED) is 0.918. The van der Waals surface area contributed by atoms with Crippen LogP contribution in [0.3, 0.4) is 0 Å². The number of fused-ring (bicyclic) bond motifs is 1. The highest BCUT2D eigenvalue weighted by molar-refractivity contribution is 5.92. The Hall–Kier alpha value is -2.44. The summed E-state index contributed by atoms with van der Waals surface area (Å²) in [5.41, 5.74) is 2.82. The molecule has 7 heteroatoms. The number of aryl methyl sites for hydroxylation is 1. The predicted molar refractivity (Wildman–Crippen MR) is 89.7 cm³/mol. The number of carbonyl (C=O) groups excluding carboxylic acids is 1. The van der Waals surface area contributed by atoms with Gasteiger partial charge in [0.1, 0.15) is 5.69 Å². The average Bonchev–Trinajstić information content (AvgIpc) is 2.96. The van der Waals surface area contributed by atoms with E-state index in [1.807, 2.05) is 13.0 Å². The lowest BCUT2D eigenvalue weighted by Crippen LogP contribution is -2.39. The Morgan fingerprint density at radius 2 is 2.21 bits per heavy atom. The standard InChI is InChI=1S/C17H23N5O2/c1-4-22-15(8-12(20-22)7-11(2)3)17(24)21-6-5-13-14(9-21)18-10-19-16(13)23/h8,10-11H,4-7,9H2,1-3H3,(H,18,19,23). The van der Waals surface area contributed by atoms with Crippen molar-refractivity contribution in [3.05, 3.63) is 45.4 Å². The number of H-pyrrole nitrogens is 1. The second-order valence-electron chi connectivity index (χ2n) is 6.57. The van der Waals surface area contributed by atoms with E-state index in [1.54, 1.807) is 9.58 Å². The first kappa shape index (κ1) is 16.4. The van der Waals surface area contributed by atoms with E-state index in [9.17, 15) is 9.59 Å². The normalized spacial score (nSPS) is 14.1. The lowest BCUT2D eigenvalue weighted by atomic mass is 10.1. The van der Waals surface area contributed by atoms with Crippen LogP contribution in [-0.4, -0.2) is 37.1 Å². The summed E-state index contributed by atoms with van der Waals surface area (Å²) < 4.78 is 1.76. The van der Waals surface area contributed by atoms with Crippen LogP contribution < -0.4 is 5.56 Å². The van der Waals surface area contributed by atoms with E-state index in [0.717, 1.165) is 12.1 Å². The molecular formula is C17H23N5O2. The first-order chi connectivity index (χ1) is 11.5. The fraction of sp³-hybridized carbons (Fsp3) is 0.529. The van der Waals surface area contributed by atoms with Crippen LogP contribution in [0, 0.1) is 5.92 Å². The molecule has 0 spiro atoms. The molecule has 0 radical (unpaired) electrons. The van der Waals surface area contributed by atoms with Crippen molar-refractivity contribution in [2.75, 3.05) is 6.54 Å². The van der Waals surface area contributed by atoms with Crippen LogP contribution in [0.2, 0.25) is 0 Å². The SMILES string of the molecule is CCn1nc(CC(C)C)cc1C(=O)N1CCc2c(nc[nH]c2=O)C1. The summed E-state index contributed by atoms with van der Waals surface area (Å²) in [5, 5.41) is 4.54. The maximum absolute atomic E-state index is 12.9. The number of hydrogen-bond acceptors (Lipinski definition) is 4. The van der Waals surface area contributed by atoms with Gasteiger partial charge in [0.05, 0.1) is 24.3 Å². The van der Waals surface area contributed by atoms with Gasteiger partial charge in [-0.3, -0.25) is 14.3 Å². The minimum Gasteiger partial charge on any atom is -0.331 e. The number of nitrogens with zero attached hydrogens (tertiary/aromatic N) is 4. The average molecular weight is 329 g/mol. The lowest BCUT2D eigenvalue weighted by Gasteiger charge is -2.27. The van der Waals surface area contributed by atoms with Gasteiger partial charge in [0.25, 0.3) is 11.5 Å². The first-order valence-electron chi connectivity index (χ1n) is 8.41. The van der Waals surface area contributed by atoms with Crippen molar-refractivity contribution >= 4 is 5.91 Å². The zero-order chi connectivity index (χ0) is 17.3. The second-order valence-corrected chi connectivity index (χ2v) is 6.57. The molecule has 0 fully saturated rings. The Morgan fingerprint density at radius 3 is 2.92 bits per heavy atom. The van der Waals surface area contributed by atoms with E-state index in [-0.39, 0.29) is 11.5 Å². The Balaban J connectivity index is 1.85. The molecule has 0 aliphatic carbocycles. The van der Waals surface area contributed by atoms with Gasteiger partial charge in [-0.25, -0.2) is 4.98 Å². The molecular weight excluding hydrogens is 306 g/mol. The van der Waals surface area contributed by atoms with Crippen LogP contribution >= 0.6 is 0 Å². The summed E-state index contributed by atoms with van der Waals surface area (Å²) >= 11 is 0. The molecule has 1 amide bonds. The number of hydrogen-bond donors (Lipinski definition) is 1. The second kappa shape index (κ2) is 6.59. The van der Waals surface area contributed by atoms with Crippen LogP contribution in [0.15, 0.2) is 17.2 Å². The molecule has 0 saturated carbocycles. The van der Waals surface area contributed by atoms with Gasteiger partial charge in [0, 0.05) is 18.7 Å². The molecule has 0 aromatic carbocycles. The molecule has 1 N–H and O–H groups in total. The van der Waals surface area contributed by atoms with Gasteiger partial charge < -0.3 is 9.88 Å². The van der Waals surface area contributed by atoms with Gasteiger partial charge >= 0.3 is 0 Å². The molecule has 1 aliphatic rings. The maximum Gasteiger partial charge on any atom is 0.272 e. The minimum atomic E-state index is -0.107. The number of rotatable bonds is 4. The summed E-state index contributed by atoms with van der Waals surface area (Å²) in [4.78, 5) is 33.3. The largest absolute Gasteiger partial charge is 0.331 e. The predicted octanol–water partition coefficient (Wildman–Crippen LogP) is 1.38. The fourth-order valence-electron chi connectivity index (χ4n) is 3.10. The molecule has 3 rings (SSSR count). The third kappa shape index (κ3) is 3.11. The zero-order valence-corrected chi connectivity index (χ0v) is 14.4. The van der Waals surface area contributed by atoms with E-state index < -0.39 is 0 Å². The van der Waals surface area contributed by atoms with Gasteiger partial charge in [-0.05, 0) is 31.7 Å². The summed E-state index contributed by atoms with van der Waals surface area (Å²) in [6.07, 6.45) is 2.78. The maximum atomic E-state index is 12.9. The first-order valence-corrected chi connectivity index (χ1v) is 8.41. The van der Waals surface area contributed by atoms with Gasteiger partial charge in [-0.15, -0.1) is 0 Å². The Kier molecular flexibility index (Phi) is 4.51. The van der Waals surface area contributed by atoms with Gasteiger partial charge in [0.2, 0.25) is 0 Å². The molecule has 0 saturated heterocycles. The lowest BCUT2D eigenvalue weighted by molar-refractivity contribution is 0.0718. The van der Waals surface area contributed by atoms with Crippen molar-refractivity contribution in [3.63, 3.8) is 0 Å². The molecule has 3 heterocycles. The van der Waals surface area contributed by atoms with Gasteiger partial charge in [-0.2, -0.15) is 5.10 Å². The van der Waals surface area contributed by atoms with Crippen LogP contribution in [0.5, 0.6) is 0 Å². The van der Waals surface area contributed by atoms with Crippen LogP contribution in [0.25, 0.3) is 0 Å². The number of aromatic nitrogens is 4. The molecule has 0 bridgehead atoms. The summed E-state index contributed by atoms with van der Waals surface area (Å²) in [6.45, 7) is 7.80. The van der Waals surface area contributed by atoms with E-state index in [4.69, 9.17) is 0 Å². The molecule has 0 atom stereocenters. The van der Waals surface area contributed by atoms with Crippen molar-refractivity contribution in [3.8, 4) is 0 Å². The number of carbonyl (C=O) groups is 1. The molecule has 128 valence electrons. The van der Waals surface area contributed by atoms with Crippen LogP contribution in [0.1, 0.15) is 48.2 Å². The monoisotopic (exact) mass is 329 g/mol. The molecule has 24 heavy (non-hydrogen) atoms. The molecule has 0 unspecified atom stereocenters. The van der Waals surface area contributed by atoms with Crippen LogP contribution in [0.4, 0.5) is 0 Å². The molecule has 2 aromatic heterocycles. The highest BCUT2D eigenvalue weighted by atomic mass is 16.2. The van der Waals surface area contributed by atoms with E-state index in [1.165, 1.54) is 6.33 Å². The Bertz CT molecular complexity index is 806. The van der Waals surface area contributed by atoms with Gasteiger partial charge in [-0.1, -0.05) is 13.8 Å². The number of aromatic amines is 1. The van der Waals surface area contributed by atoms with Crippen LogP contribution in [-0.2, 0) is 25.9 Å². The van der Waals surface area contributed by atoms with Crippen molar-refractivity contribution in [1.29, 1.82) is 0 Å². The highest BCUT2D eigenvalue weighted by Crippen LogP contribution is 2.18. The zero-order valence-electron chi connectivity index (χ0n) is 14.4. The topological polar surface area (TPSA) is 83.9 Å². The third-order valence-corrected chi connectivity index (χ3v) is 4.26. The minimum absolute atomic E-state index is 0.0490. The summed E-state index contributed by atoms with van der Waals surface area (Å²) in [6, 6.07) is 1.90. The molecule has 1 aliphatic heterocycles. The van der Waals surface area contributed by atoms with E-state index >= 15 is 0 Å². The van der Waals surface area contributed by atoms with Crippen molar-refractivity contribution in [1.82, 2.24) is 24.6 Å². The number of nitrogens with one attached hydrogen (secondary N) is 1. The molecule has 2 aromatic rings. The van der Waals surface area contributed by atoms with Crippen molar-refractivity contribution in [2.24, 2.45) is 5.92 Å².